The fourth-order valence-corrected chi connectivity index (χ4v) is 4.23. The average Bonchev–Trinajstić information content (AvgIpc) is 2.67. The molecule has 1 unspecified atom stereocenters. The summed E-state index contributed by atoms with van der Waals surface area (Å²) >= 11 is 0. The number of rotatable bonds is 6. The van der Waals surface area contributed by atoms with Gasteiger partial charge < -0.3 is 10.4 Å². The lowest BCUT2D eigenvalue weighted by Gasteiger charge is -2.22. The quantitative estimate of drug-likeness (QED) is 0.554. The summed E-state index contributed by atoms with van der Waals surface area (Å²) in [6.45, 7) is 3.50. The van der Waals surface area contributed by atoms with Gasteiger partial charge in [0.05, 0.1) is 10.6 Å². The molecule has 3 aromatic rings. The third-order valence-electron chi connectivity index (χ3n) is 4.42. The monoisotopic (exact) mass is 398 g/mol. The van der Waals surface area contributed by atoms with E-state index in [-0.39, 0.29) is 22.3 Å². The number of carbonyl (C=O) groups is 1. The number of aromatic hydroxyl groups is 1. The molecule has 6 nitrogen and oxygen atoms in total. The van der Waals surface area contributed by atoms with Crippen molar-refractivity contribution in [2.24, 2.45) is 5.92 Å². The van der Waals surface area contributed by atoms with Gasteiger partial charge in [0.2, 0.25) is 15.9 Å². The van der Waals surface area contributed by atoms with Crippen LogP contribution >= 0.6 is 0 Å². The first-order valence-corrected chi connectivity index (χ1v) is 10.4. The van der Waals surface area contributed by atoms with E-state index in [0.29, 0.717) is 0 Å². The van der Waals surface area contributed by atoms with Crippen molar-refractivity contribution in [3.05, 3.63) is 66.7 Å². The van der Waals surface area contributed by atoms with Crippen LogP contribution in [0.25, 0.3) is 10.8 Å². The molecule has 7 heteroatoms. The van der Waals surface area contributed by atoms with Gasteiger partial charge in [-0.3, -0.25) is 4.79 Å². The van der Waals surface area contributed by atoms with Gasteiger partial charge in [-0.15, -0.1) is 0 Å². The minimum Gasteiger partial charge on any atom is -0.506 e. The number of sulfonamides is 1. The first kappa shape index (κ1) is 19.9. The molecule has 0 aliphatic heterocycles. The summed E-state index contributed by atoms with van der Waals surface area (Å²) in [7, 11) is -3.92. The second-order valence-electron chi connectivity index (χ2n) is 6.86. The highest BCUT2D eigenvalue weighted by molar-refractivity contribution is 7.89. The Kier molecular flexibility index (Phi) is 5.67. The molecule has 1 atom stereocenters. The average molecular weight is 398 g/mol. The van der Waals surface area contributed by atoms with Crippen LogP contribution in [-0.2, 0) is 14.8 Å². The summed E-state index contributed by atoms with van der Waals surface area (Å²) in [5.74, 6) is -0.933. The van der Waals surface area contributed by atoms with Crippen molar-refractivity contribution in [3.8, 4) is 5.75 Å². The standard InChI is InChI=1S/C21H22N2O4S/c1-14(2)20(21(25)22-18-9-5-6-10-19(18)24)23-28(26,27)17-12-11-15-7-3-4-8-16(15)13-17/h3-14,20,23-24H,1-2H3,(H,22,25). The number of para-hydroxylation sites is 2. The van der Waals surface area contributed by atoms with Crippen LogP contribution in [0.3, 0.4) is 0 Å². The molecule has 0 saturated heterocycles. The van der Waals surface area contributed by atoms with E-state index < -0.39 is 22.0 Å². The summed E-state index contributed by atoms with van der Waals surface area (Å²) in [6.07, 6.45) is 0. The zero-order valence-corrected chi connectivity index (χ0v) is 16.4. The van der Waals surface area contributed by atoms with Gasteiger partial charge in [0.1, 0.15) is 11.8 Å². The molecule has 0 fully saturated rings. The molecule has 28 heavy (non-hydrogen) atoms. The van der Waals surface area contributed by atoms with E-state index in [4.69, 9.17) is 0 Å². The molecule has 0 saturated carbocycles. The predicted molar refractivity (Wildman–Crippen MR) is 110 cm³/mol. The number of fused-ring (bicyclic) bond motifs is 1. The second-order valence-corrected chi connectivity index (χ2v) is 8.57. The topological polar surface area (TPSA) is 95.5 Å². The normalized spacial score (nSPS) is 12.8. The minimum absolute atomic E-state index is 0.0873. The van der Waals surface area contributed by atoms with Crippen LogP contribution in [0.1, 0.15) is 13.8 Å². The van der Waals surface area contributed by atoms with Gasteiger partial charge in [-0.2, -0.15) is 4.72 Å². The predicted octanol–water partition coefficient (Wildman–Crippen LogP) is 3.49. The highest BCUT2D eigenvalue weighted by atomic mass is 32.2. The van der Waals surface area contributed by atoms with Gasteiger partial charge >= 0.3 is 0 Å². The molecular formula is C21H22N2O4S. The second kappa shape index (κ2) is 8.00. The Morgan fingerprint density at radius 3 is 2.25 bits per heavy atom. The van der Waals surface area contributed by atoms with Crippen LogP contribution in [-0.4, -0.2) is 25.5 Å². The van der Waals surface area contributed by atoms with Crippen molar-refractivity contribution in [2.75, 3.05) is 5.32 Å². The van der Waals surface area contributed by atoms with E-state index in [1.54, 1.807) is 44.2 Å². The van der Waals surface area contributed by atoms with Crippen molar-refractivity contribution in [3.63, 3.8) is 0 Å². The van der Waals surface area contributed by atoms with Gasteiger partial charge in [-0.1, -0.05) is 56.3 Å². The van der Waals surface area contributed by atoms with E-state index in [1.807, 2.05) is 24.3 Å². The summed E-state index contributed by atoms with van der Waals surface area (Å²) in [5, 5.41) is 14.1. The van der Waals surface area contributed by atoms with Crippen LogP contribution in [0.5, 0.6) is 5.75 Å². The lowest BCUT2D eigenvalue weighted by molar-refractivity contribution is -0.118. The van der Waals surface area contributed by atoms with Crippen LogP contribution in [0.15, 0.2) is 71.6 Å². The largest absolute Gasteiger partial charge is 0.506 e. The molecule has 0 spiro atoms. The number of benzene rings is 3. The summed E-state index contributed by atoms with van der Waals surface area (Å²) in [5.41, 5.74) is 0.225. The Morgan fingerprint density at radius 1 is 0.929 bits per heavy atom. The fraction of sp³-hybridized carbons (Fsp3) is 0.190. The Balaban J connectivity index is 1.85. The number of hydrogen-bond acceptors (Lipinski definition) is 4. The van der Waals surface area contributed by atoms with Crippen LogP contribution in [0.4, 0.5) is 5.69 Å². The molecule has 3 rings (SSSR count). The first-order valence-electron chi connectivity index (χ1n) is 8.88. The van der Waals surface area contributed by atoms with Crippen LogP contribution in [0.2, 0.25) is 0 Å². The SMILES string of the molecule is CC(C)C(NS(=O)(=O)c1ccc2ccccc2c1)C(=O)Nc1ccccc1O. The van der Waals surface area contributed by atoms with Gasteiger partial charge in [-0.25, -0.2) is 8.42 Å². The molecule has 0 heterocycles. The van der Waals surface area contributed by atoms with Gasteiger partial charge in [0, 0.05) is 0 Å². The fourth-order valence-electron chi connectivity index (χ4n) is 2.85. The molecular weight excluding hydrogens is 376 g/mol. The maximum Gasteiger partial charge on any atom is 0.242 e. The van der Waals surface area contributed by atoms with Crippen molar-refractivity contribution in [1.82, 2.24) is 4.72 Å². The highest BCUT2D eigenvalue weighted by Crippen LogP contribution is 2.23. The van der Waals surface area contributed by atoms with E-state index in [1.165, 1.54) is 12.1 Å². The maximum absolute atomic E-state index is 12.9. The molecule has 0 aliphatic rings. The first-order chi connectivity index (χ1) is 13.3. The molecule has 146 valence electrons. The van der Waals surface area contributed by atoms with Gasteiger partial charge in [0.25, 0.3) is 0 Å². The Morgan fingerprint density at radius 2 is 1.57 bits per heavy atom. The number of hydrogen-bond donors (Lipinski definition) is 3. The van der Waals surface area contributed by atoms with Crippen molar-refractivity contribution < 1.29 is 18.3 Å². The third kappa shape index (κ3) is 4.32. The van der Waals surface area contributed by atoms with E-state index in [2.05, 4.69) is 10.0 Å². The molecule has 0 aliphatic carbocycles. The molecule has 1 amide bonds. The zero-order chi connectivity index (χ0) is 20.3. The Hall–Kier alpha value is -2.90. The van der Waals surface area contributed by atoms with Crippen LogP contribution < -0.4 is 10.0 Å². The molecule has 3 N–H and O–H groups in total. The van der Waals surface area contributed by atoms with Crippen molar-refractivity contribution >= 4 is 32.4 Å². The molecule has 3 aromatic carbocycles. The van der Waals surface area contributed by atoms with E-state index in [0.717, 1.165) is 10.8 Å². The number of phenolic OH excluding ortho intramolecular Hbond substituents is 1. The molecule has 0 bridgehead atoms. The third-order valence-corrected chi connectivity index (χ3v) is 5.86. The minimum atomic E-state index is -3.92. The van der Waals surface area contributed by atoms with Gasteiger partial charge in [-0.05, 0) is 41.0 Å². The number of nitrogens with one attached hydrogen (secondary N) is 2. The lowest BCUT2D eigenvalue weighted by atomic mass is 10.0. The van der Waals surface area contributed by atoms with Gasteiger partial charge in [0.15, 0.2) is 0 Å². The smallest absolute Gasteiger partial charge is 0.242 e. The van der Waals surface area contributed by atoms with E-state index >= 15 is 0 Å². The zero-order valence-electron chi connectivity index (χ0n) is 15.6. The maximum atomic E-state index is 12.9. The number of amides is 1. The van der Waals surface area contributed by atoms with Crippen molar-refractivity contribution in [2.45, 2.75) is 24.8 Å². The number of anilines is 1. The number of carbonyl (C=O) groups excluding carboxylic acids is 1. The molecule has 0 aromatic heterocycles. The van der Waals surface area contributed by atoms with E-state index in [9.17, 15) is 18.3 Å². The number of phenols is 1. The summed E-state index contributed by atoms with van der Waals surface area (Å²) in [6, 6.07) is 17.6. The summed E-state index contributed by atoms with van der Waals surface area (Å²) < 4.78 is 28.2. The lowest BCUT2D eigenvalue weighted by Crippen LogP contribution is -2.47. The van der Waals surface area contributed by atoms with Crippen molar-refractivity contribution in [1.29, 1.82) is 0 Å². The van der Waals surface area contributed by atoms with Crippen LogP contribution in [0, 0.1) is 5.92 Å². The summed E-state index contributed by atoms with van der Waals surface area (Å²) in [4.78, 5) is 12.8. The highest BCUT2D eigenvalue weighted by Gasteiger charge is 2.29. The molecule has 0 radical (unpaired) electrons. The Labute approximate surface area is 164 Å². The Bertz CT molecular complexity index is 1110.